The number of sulfonamides is 1. The van der Waals surface area contributed by atoms with Gasteiger partial charge in [-0.1, -0.05) is 0 Å². The lowest BCUT2D eigenvalue weighted by molar-refractivity contribution is 0.117. The Labute approximate surface area is 119 Å². The molecule has 0 bridgehead atoms. The summed E-state index contributed by atoms with van der Waals surface area (Å²) >= 11 is 0. The molecule has 1 aliphatic rings. The zero-order valence-corrected chi connectivity index (χ0v) is 12.3. The molecule has 20 heavy (non-hydrogen) atoms. The van der Waals surface area contributed by atoms with Gasteiger partial charge in [-0.25, -0.2) is 8.42 Å². The normalized spacial score (nSPS) is 15.2. The van der Waals surface area contributed by atoms with Crippen LogP contribution in [0.25, 0.3) is 0 Å². The van der Waals surface area contributed by atoms with E-state index in [1.165, 1.54) is 48.5 Å². The molecule has 2 rings (SSSR count). The summed E-state index contributed by atoms with van der Waals surface area (Å²) < 4.78 is 31.2. The van der Waals surface area contributed by atoms with Gasteiger partial charge >= 0.3 is 0 Å². The molecule has 0 saturated heterocycles. The van der Waals surface area contributed by atoms with E-state index in [9.17, 15) is 8.42 Å². The van der Waals surface area contributed by atoms with E-state index >= 15 is 0 Å². The minimum atomic E-state index is -3.51. The number of hydrogen-bond donors (Lipinski definition) is 0. The average Bonchev–Trinajstić information content (AvgIpc) is 3.27. The second kappa shape index (κ2) is 6.35. The summed E-state index contributed by atoms with van der Waals surface area (Å²) in [5.41, 5.74) is 0.444. The van der Waals surface area contributed by atoms with E-state index in [1.807, 2.05) is 6.07 Å². The summed E-state index contributed by atoms with van der Waals surface area (Å²) in [7, 11) is -1.97. The Bertz CT molecular complexity index is 586. The number of ether oxygens (including phenoxy) is 1. The molecule has 0 aromatic heterocycles. The molecule has 5 nitrogen and oxygen atoms in total. The molecule has 108 valence electrons. The number of nitriles is 1. The summed E-state index contributed by atoms with van der Waals surface area (Å²) in [6.07, 6.45) is 2.44. The van der Waals surface area contributed by atoms with Crippen molar-refractivity contribution in [1.82, 2.24) is 4.31 Å². The van der Waals surface area contributed by atoms with Crippen molar-refractivity contribution in [2.24, 2.45) is 5.92 Å². The Morgan fingerprint density at radius 2 is 2.00 bits per heavy atom. The Morgan fingerprint density at radius 1 is 1.35 bits per heavy atom. The van der Waals surface area contributed by atoms with Crippen LogP contribution in [0.3, 0.4) is 0 Å². The molecule has 0 atom stereocenters. The molecule has 6 heteroatoms. The molecule has 1 fully saturated rings. The van der Waals surface area contributed by atoms with Crippen LogP contribution in [-0.4, -0.2) is 39.5 Å². The topological polar surface area (TPSA) is 70.4 Å². The maximum absolute atomic E-state index is 12.3. The number of nitrogens with zero attached hydrogens (tertiary/aromatic N) is 2. The third-order valence-electron chi connectivity index (χ3n) is 3.29. The molecule has 1 aromatic rings. The van der Waals surface area contributed by atoms with Crippen molar-refractivity contribution < 1.29 is 13.2 Å². The fraction of sp³-hybridized carbons (Fsp3) is 0.500. The van der Waals surface area contributed by atoms with Gasteiger partial charge in [0.2, 0.25) is 10.0 Å². The monoisotopic (exact) mass is 294 g/mol. The number of rotatable bonds is 7. The molecule has 0 aliphatic heterocycles. The highest BCUT2D eigenvalue weighted by atomic mass is 32.2. The summed E-state index contributed by atoms with van der Waals surface area (Å²) in [6.45, 7) is 1.46. The predicted octanol–water partition coefficient (Wildman–Crippen LogP) is 1.61. The second-order valence-corrected chi connectivity index (χ2v) is 7.03. The van der Waals surface area contributed by atoms with Crippen LogP contribution in [0, 0.1) is 17.2 Å². The van der Waals surface area contributed by atoms with Crippen LogP contribution in [0.1, 0.15) is 18.4 Å². The van der Waals surface area contributed by atoms with Crippen LogP contribution in [0.2, 0.25) is 0 Å². The lowest BCUT2D eigenvalue weighted by atomic mass is 10.2. The van der Waals surface area contributed by atoms with Crippen LogP contribution in [0.5, 0.6) is 0 Å². The van der Waals surface area contributed by atoms with E-state index in [1.54, 1.807) is 0 Å². The molecule has 0 amide bonds. The summed E-state index contributed by atoms with van der Waals surface area (Å²) in [5.74, 6) is 0.676. The largest absolute Gasteiger partial charge is 0.380 e. The van der Waals surface area contributed by atoms with E-state index < -0.39 is 10.0 Å². The highest BCUT2D eigenvalue weighted by Crippen LogP contribution is 2.28. The molecule has 1 aliphatic carbocycles. The smallest absolute Gasteiger partial charge is 0.242 e. The van der Waals surface area contributed by atoms with Gasteiger partial charge in [-0.3, -0.25) is 0 Å². The van der Waals surface area contributed by atoms with Crippen LogP contribution < -0.4 is 0 Å². The van der Waals surface area contributed by atoms with E-state index in [-0.39, 0.29) is 4.90 Å². The maximum Gasteiger partial charge on any atom is 0.242 e. The molecule has 0 spiro atoms. The predicted molar refractivity (Wildman–Crippen MR) is 74.5 cm³/mol. The Morgan fingerprint density at radius 3 is 2.55 bits per heavy atom. The molecule has 1 aromatic carbocycles. The Kier molecular flexibility index (Phi) is 4.76. The first-order valence-corrected chi connectivity index (χ1v) is 8.02. The summed E-state index contributed by atoms with van der Waals surface area (Å²) in [6, 6.07) is 7.88. The van der Waals surface area contributed by atoms with E-state index in [0.717, 1.165) is 6.61 Å². The van der Waals surface area contributed by atoms with Gasteiger partial charge < -0.3 is 4.74 Å². The van der Waals surface area contributed by atoms with Gasteiger partial charge in [-0.15, -0.1) is 0 Å². The lowest BCUT2D eigenvalue weighted by Crippen LogP contribution is -2.30. The van der Waals surface area contributed by atoms with Crippen LogP contribution in [0.4, 0.5) is 0 Å². The molecule has 0 radical (unpaired) electrons. The van der Waals surface area contributed by atoms with E-state index in [2.05, 4.69) is 0 Å². The van der Waals surface area contributed by atoms with Crippen LogP contribution in [-0.2, 0) is 14.8 Å². The van der Waals surface area contributed by atoms with Crippen molar-refractivity contribution in [1.29, 1.82) is 5.26 Å². The highest BCUT2D eigenvalue weighted by molar-refractivity contribution is 7.89. The molecule has 0 heterocycles. The zero-order chi connectivity index (χ0) is 14.6. The lowest BCUT2D eigenvalue weighted by Gasteiger charge is -2.17. The fourth-order valence-electron chi connectivity index (χ4n) is 1.73. The van der Waals surface area contributed by atoms with Crippen molar-refractivity contribution in [3.63, 3.8) is 0 Å². The van der Waals surface area contributed by atoms with Crippen molar-refractivity contribution in [2.45, 2.75) is 17.7 Å². The number of likely N-dealkylation sites (N-methyl/N-ethyl adjacent to an activating group) is 1. The van der Waals surface area contributed by atoms with Gasteiger partial charge in [0.25, 0.3) is 0 Å². The van der Waals surface area contributed by atoms with Gasteiger partial charge in [0.15, 0.2) is 0 Å². The number of hydrogen-bond acceptors (Lipinski definition) is 4. The van der Waals surface area contributed by atoms with E-state index in [4.69, 9.17) is 10.00 Å². The van der Waals surface area contributed by atoms with Crippen molar-refractivity contribution >= 4 is 10.0 Å². The molecule has 0 N–H and O–H groups in total. The van der Waals surface area contributed by atoms with Gasteiger partial charge in [-0.2, -0.15) is 9.57 Å². The van der Waals surface area contributed by atoms with Crippen molar-refractivity contribution in [3.8, 4) is 6.07 Å². The van der Waals surface area contributed by atoms with Gasteiger partial charge in [-0.05, 0) is 43.0 Å². The SMILES string of the molecule is CN(CCOCC1CC1)S(=O)(=O)c1ccc(C#N)cc1. The molecular formula is C14H18N2O3S. The molecular weight excluding hydrogens is 276 g/mol. The standard InChI is InChI=1S/C14H18N2O3S/c1-16(8-9-19-11-13-2-3-13)20(17,18)14-6-4-12(10-15)5-7-14/h4-7,13H,2-3,8-9,11H2,1H3. The second-order valence-electron chi connectivity index (χ2n) is 4.98. The fourth-order valence-corrected chi connectivity index (χ4v) is 2.88. The van der Waals surface area contributed by atoms with Crippen LogP contribution >= 0.6 is 0 Å². The van der Waals surface area contributed by atoms with Gasteiger partial charge in [0.05, 0.1) is 23.1 Å². The Balaban J connectivity index is 1.91. The third-order valence-corrected chi connectivity index (χ3v) is 5.16. The van der Waals surface area contributed by atoms with Gasteiger partial charge in [0, 0.05) is 20.2 Å². The highest BCUT2D eigenvalue weighted by Gasteiger charge is 2.23. The summed E-state index contributed by atoms with van der Waals surface area (Å²) in [5, 5.41) is 8.71. The van der Waals surface area contributed by atoms with Crippen molar-refractivity contribution in [3.05, 3.63) is 29.8 Å². The number of benzene rings is 1. The van der Waals surface area contributed by atoms with E-state index in [0.29, 0.717) is 24.6 Å². The quantitative estimate of drug-likeness (QED) is 0.716. The third kappa shape index (κ3) is 3.79. The first kappa shape index (κ1) is 15.0. The maximum atomic E-state index is 12.3. The zero-order valence-electron chi connectivity index (χ0n) is 11.4. The van der Waals surface area contributed by atoms with Crippen LogP contribution in [0.15, 0.2) is 29.2 Å². The van der Waals surface area contributed by atoms with Crippen molar-refractivity contribution in [2.75, 3.05) is 26.8 Å². The van der Waals surface area contributed by atoms with Gasteiger partial charge in [0.1, 0.15) is 0 Å². The first-order chi connectivity index (χ1) is 9.54. The molecule has 0 unspecified atom stereocenters. The first-order valence-electron chi connectivity index (χ1n) is 6.58. The minimum Gasteiger partial charge on any atom is -0.380 e. The summed E-state index contributed by atoms with van der Waals surface area (Å²) in [4.78, 5) is 0.196. The molecule has 1 saturated carbocycles. The Hall–Kier alpha value is -1.42. The minimum absolute atomic E-state index is 0.196. The average molecular weight is 294 g/mol.